The van der Waals surface area contributed by atoms with E-state index in [0.29, 0.717) is 5.92 Å². The van der Waals surface area contributed by atoms with Gasteiger partial charge in [-0.2, -0.15) is 5.10 Å². The van der Waals surface area contributed by atoms with Crippen molar-refractivity contribution in [2.75, 3.05) is 6.61 Å². The Balaban J connectivity index is 1.49. The average Bonchev–Trinajstić information content (AvgIpc) is 3.17. The zero-order chi connectivity index (χ0) is 22.5. The van der Waals surface area contributed by atoms with Crippen LogP contribution in [0.5, 0.6) is 5.75 Å². The number of benzene rings is 3. The van der Waals surface area contributed by atoms with Crippen LogP contribution in [-0.2, 0) is 4.79 Å². The fraction of sp³-hybridized carbons (Fsp3) is 0.185. The summed E-state index contributed by atoms with van der Waals surface area (Å²) in [5, 5.41) is 5.26. The summed E-state index contributed by atoms with van der Waals surface area (Å²) in [6, 6.07) is 24.2. The van der Waals surface area contributed by atoms with Crippen LogP contribution >= 0.6 is 0 Å². The van der Waals surface area contributed by atoms with E-state index in [1.54, 1.807) is 6.21 Å². The topological polar surface area (TPSA) is 66.5 Å². The molecule has 0 atom stereocenters. The quantitative estimate of drug-likeness (QED) is 0.290. The summed E-state index contributed by atoms with van der Waals surface area (Å²) in [5.74, 6) is 0.741. The number of hydrogen-bond acceptors (Lipinski definition) is 3. The highest BCUT2D eigenvalue weighted by Gasteiger charge is 2.12. The van der Waals surface area contributed by atoms with Gasteiger partial charge in [-0.05, 0) is 41.7 Å². The molecule has 0 aliphatic heterocycles. The first-order valence-electron chi connectivity index (χ1n) is 10.7. The molecule has 0 aliphatic rings. The Bertz CT molecular complexity index is 1260. The van der Waals surface area contributed by atoms with E-state index in [2.05, 4.69) is 35.4 Å². The molecule has 3 aromatic carbocycles. The maximum Gasteiger partial charge on any atom is 0.277 e. The molecule has 32 heavy (non-hydrogen) atoms. The molecule has 0 spiro atoms. The zero-order valence-electron chi connectivity index (χ0n) is 18.6. The summed E-state index contributed by atoms with van der Waals surface area (Å²) < 4.78 is 5.80. The molecule has 4 aromatic rings. The SMILES string of the molecule is Cc1ccc(C(C)C)c(OCC(=O)N/N=C\c2c(-c3ccccc3)[nH]c3ccccc23)c1. The maximum absolute atomic E-state index is 12.4. The minimum absolute atomic E-state index is 0.0973. The number of aromatic nitrogens is 1. The Kier molecular flexibility index (Phi) is 6.36. The van der Waals surface area contributed by atoms with Crippen LogP contribution in [0.2, 0.25) is 0 Å². The molecule has 0 radical (unpaired) electrons. The summed E-state index contributed by atoms with van der Waals surface area (Å²) in [4.78, 5) is 15.8. The van der Waals surface area contributed by atoms with Crippen molar-refractivity contribution in [1.29, 1.82) is 0 Å². The highest BCUT2D eigenvalue weighted by atomic mass is 16.5. The second-order valence-corrected chi connectivity index (χ2v) is 8.10. The third kappa shape index (κ3) is 4.72. The van der Waals surface area contributed by atoms with Gasteiger partial charge in [0.2, 0.25) is 0 Å². The minimum atomic E-state index is -0.307. The van der Waals surface area contributed by atoms with Crippen LogP contribution in [0, 0.1) is 6.92 Å². The third-order valence-corrected chi connectivity index (χ3v) is 5.34. The number of H-pyrrole nitrogens is 1. The van der Waals surface area contributed by atoms with Gasteiger partial charge in [0.15, 0.2) is 6.61 Å². The summed E-state index contributed by atoms with van der Waals surface area (Å²) >= 11 is 0. The van der Waals surface area contributed by atoms with Gasteiger partial charge in [-0.25, -0.2) is 5.43 Å². The molecule has 0 saturated heterocycles. The molecule has 0 fully saturated rings. The van der Waals surface area contributed by atoms with E-state index in [-0.39, 0.29) is 12.5 Å². The van der Waals surface area contributed by atoms with Crippen molar-refractivity contribution >= 4 is 23.0 Å². The molecule has 4 rings (SSSR count). The van der Waals surface area contributed by atoms with E-state index in [1.165, 1.54) is 0 Å². The number of nitrogens with zero attached hydrogens (tertiary/aromatic N) is 1. The van der Waals surface area contributed by atoms with Gasteiger partial charge in [-0.3, -0.25) is 4.79 Å². The number of amides is 1. The number of para-hydroxylation sites is 1. The number of hydrazone groups is 1. The Morgan fingerprint density at radius 1 is 1.06 bits per heavy atom. The van der Waals surface area contributed by atoms with E-state index >= 15 is 0 Å². The van der Waals surface area contributed by atoms with Crippen LogP contribution in [0.15, 0.2) is 77.9 Å². The molecular formula is C27H27N3O2. The molecule has 1 aromatic heterocycles. The highest BCUT2D eigenvalue weighted by Crippen LogP contribution is 2.29. The molecule has 0 bridgehead atoms. The minimum Gasteiger partial charge on any atom is -0.483 e. The second-order valence-electron chi connectivity index (χ2n) is 8.10. The van der Waals surface area contributed by atoms with Gasteiger partial charge in [0.05, 0.1) is 11.9 Å². The van der Waals surface area contributed by atoms with Gasteiger partial charge >= 0.3 is 0 Å². The zero-order valence-corrected chi connectivity index (χ0v) is 18.6. The van der Waals surface area contributed by atoms with Crippen molar-refractivity contribution < 1.29 is 9.53 Å². The molecule has 162 valence electrons. The lowest BCUT2D eigenvalue weighted by molar-refractivity contribution is -0.123. The van der Waals surface area contributed by atoms with Crippen molar-refractivity contribution in [2.24, 2.45) is 5.10 Å². The van der Waals surface area contributed by atoms with E-state index in [9.17, 15) is 4.79 Å². The molecule has 1 heterocycles. The van der Waals surface area contributed by atoms with Gasteiger partial charge in [-0.15, -0.1) is 0 Å². The predicted molar refractivity (Wildman–Crippen MR) is 130 cm³/mol. The van der Waals surface area contributed by atoms with Crippen LogP contribution in [0.25, 0.3) is 22.2 Å². The van der Waals surface area contributed by atoms with E-state index in [4.69, 9.17) is 4.74 Å². The molecule has 5 heteroatoms. The molecular weight excluding hydrogens is 398 g/mol. The molecule has 0 unspecified atom stereocenters. The van der Waals surface area contributed by atoms with Crippen molar-refractivity contribution in [2.45, 2.75) is 26.7 Å². The lowest BCUT2D eigenvalue weighted by Crippen LogP contribution is -2.25. The number of rotatable bonds is 7. The van der Waals surface area contributed by atoms with Crippen molar-refractivity contribution in [3.8, 4) is 17.0 Å². The van der Waals surface area contributed by atoms with Gasteiger partial charge in [0.1, 0.15) is 5.75 Å². The van der Waals surface area contributed by atoms with Gasteiger partial charge in [0, 0.05) is 16.5 Å². The first-order chi connectivity index (χ1) is 15.5. The number of nitrogens with one attached hydrogen (secondary N) is 2. The fourth-order valence-electron chi connectivity index (χ4n) is 3.72. The van der Waals surface area contributed by atoms with Crippen LogP contribution in [-0.4, -0.2) is 23.7 Å². The number of carbonyl (C=O) groups excluding carboxylic acids is 1. The van der Waals surface area contributed by atoms with Crippen molar-refractivity contribution in [1.82, 2.24) is 10.4 Å². The summed E-state index contributed by atoms with van der Waals surface area (Å²) in [6.45, 7) is 6.12. The number of hydrogen-bond donors (Lipinski definition) is 2. The first kappa shape index (κ1) is 21.4. The summed E-state index contributed by atoms with van der Waals surface area (Å²) in [7, 11) is 0. The largest absolute Gasteiger partial charge is 0.483 e. The second kappa shape index (κ2) is 9.52. The van der Waals surface area contributed by atoms with Crippen LogP contribution in [0.3, 0.4) is 0 Å². The van der Waals surface area contributed by atoms with E-state index in [0.717, 1.165) is 44.6 Å². The van der Waals surface area contributed by atoms with Crippen LogP contribution < -0.4 is 10.2 Å². The van der Waals surface area contributed by atoms with E-state index in [1.807, 2.05) is 73.7 Å². The lowest BCUT2D eigenvalue weighted by Gasteiger charge is -2.14. The van der Waals surface area contributed by atoms with Crippen LogP contribution in [0.4, 0.5) is 0 Å². The lowest BCUT2D eigenvalue weighted by atomic mass is 10.0. The summed E-state index contributed by atoms with van der Waals surface area (Å²) in [5.41, 5.74) is 8.72. The maximum atomic E-state index is 12.4. The molecule has 2 N–H and O–H groups in total. The molecule has 5 nitrogen and oxygen atoms in total. The highest BCUT2D eigenvalue weighted by molar-refractivity contribution is 6.06. The normalized spacial score (nSPS) is 11.4. The molecule has 0 saturated carbocycles. The van der Waals surface area contributed by atoms with Gasteiger partial charge < -0.3 is 9.72 Å². The van der Waals surface area contributed by atoms with Gasteiger partial charge in [-0.1, -0.05) is 74.5 Å². The van der Waals surface area contributed by atoms with Crippen molar-refractivity contribution in [3.63, 3.8) is 0 Å². The fourth-order valence-corrected chi connectivity index (χ4v) is 3.72. The molecule has 0 aliphatic carbocycles. The predicted octanol–water partition coefficient (Wildman–Crippen LogP) is 5.80. The number of carbonyl (C=O) groups is 1. The Labute approximate surface area is 188 Å². The average molecular weight is 426 g/mol. The van der Waals surface area contributed by atoms with Crippen LogP contribution in [0.1, 0.15) is 36.5 Å². The molecule has 1 amide bonds. The smallest absolute Gasteiger partial charge is 0.277 e. The monoisotopic (exact) mass is 425 g/mol. The Hall–Kier alpha value is -3.86. The van der Waals surface area contributed by atoms with Crippen molar-refractivity contribution in [3.05, 3.63) is 89.5 Å². The first-order valence-corrected chi connectivity index (χ1v) is 10.7. The Morgan fingerprint density at radius 3 is 2.59 bits per heavy atom. The number of ether oxygens (including phenoxy) is 1. The standard InChI is InChI=1S/C27H27N3O2/c1-18(2)21-14-13-19(3)15-25(21)32-17-26(31)30-28-16-23-22-11-7-8-12-24(22)29-27(23)20-9-5-4-6-10-20/h4-16,18,29H,17H2,1-3H3,(H,30,31)/b28-16-. The number of fused-ring (bicyclic) bond motifs is 1. The Morgan fingerprint density at radius 2 is 1.81 bits per heavy atom. The number of aryl methyl sites for hydroxylation is 1. The summed E-state index contributed by atoms with van der Waals surface area (Å²) in [6.07, 6.45) is 1.69. The van der Waals surface area contributed by atoms with E-state index < -0.39 is 0 Å². The third-order valence-electron chi connectivity index (χ3n) is 5.34. The number of aromatic amines is 1. The van der Waals surface area contributed by atoms with Gasteiger partial charge in [0.25, 0.3) is 5.91 Å².